The van der Waals surface area contributed by atoms with Crippen LogP contribution in [0.25, 0.3) is 0 Å². The number of anilines is 1. The molecule has 39 heavy (non-hydrogen) atoms. The number of amides is 2. The van der Waals surface area contributed by atoms with Gasteiger partial charge in [0.05, 0.1) is 18.0 Å². The standard InChI is InChI=1S/C27H26F4N2O6/c28-14-4-9-21-19(12-14)25(32(15-5-6-15)23(35)10-11-24(36)37)17-2-1-3-20(17)33(21)26(38)18-8-7-16(13-22(18)34)39-27(29,30)31/h4,7-9,12-13,15,17,20,25,34H,1-3,5-6,10-11H2,(H,36,37)/t17-,20+,25-/m1/s1. The predicted octanol–water partition coefficient (Wildman–Crippen LogP) is 5.16. The van der Waals surface area contributed by atoms with Crippen LogP contribution in [0.1, 0.15) is 66.9 Å². The Hall–Kier alpha value is -3.83. The Kier molecular flexibility index (Phi) is 6.90. The molecule has 2 amide bonds. The number of rotatable bonds is 7. The molecule has 2 N–H and O–H groups in total. The molecule has 0 radical (unpaired) electrons. The van der Waals surface area contributed by atoms with Crippen LogP contribution in [0, 0.1) is 11.7 Å². The van der Waals surface area contributed by atoms with E-state index in [4.69, 9.17) is 5.11 Å². The molecule has 3 atom stereocenters. The summed E-state index contributed by atoms with van der Waals surface area (Å²) in [5.41, 5.74) is 0.486. The summed E-state index contributed by atoms with van der Waals surface area (Å²) < 4.78 is 56.3. The largest absolute Gasteiger partial charge is 0.573 e. The zero-order chi connectivity index (χ0) is 28.1. The summed E-state index contributed by atoms with van der Waals surface area (Å²) in [6.45, 7) is 0. The van der Waals surface area contributed by atoms with Crippen molar-refractivity contribution >= 4 is 23.5 Å². The summed E-state index contributed by atoms with van der Waals surface area (Å²) in [5, 5.41) is 19.6. The second kappa shape index (κ2) is 10.0. The molecule has 2 aromatic carbocycles. The minimum absolute atomic E-state index is 0.110. The zero-order valence-corrected chi connectivity index (χ0v) is 20.7. The van der Waals surface area contributed by atoms with Gasteiger partial charge in [0, 0.05) is 41.7 Å². The summed E-state index contributed by atoms with van der Waals surface area (Å²) >= 11 is 0. The number of nitrogens with zero attached hydrogens (tertiary/aromatic N) is 2. The molecular formula is C27H26F4N2O6. The first kappa shape index (κ1) is 26.8. The van der Waals surface area contributed by atoms with Gasteiger partial charge in [0.15, 0.2) is 0 Å². The number of carbonyl (C=O) groups is 3. The molecule has 1 aliphatic heterocycles. The smallest absolute Gasteiger partial charge is 0.507 e. The lowest BCUT2D eigenvalue weighted by molar-refractivity contribution is -0.274. The molecule has 0 saturated heterocycles. The number of fused-ring (bicyclic) bond motifs is 2. The van der Waals surface area contributed by atoms with E-state index in [9.17, 15) is 37.1 Å². The average Bonchev–Trinajstić information content (AvgIpc) is 3.57. The molecule has 2 aromatic rings. The minimum Gasteiger partial charge on any atom is -0.507 e. The fourth-order valence-corrected chi connectivity index (χ4v) is 5.97. The summed E-state index contributed by atoms with van der Waals surface area (Å²) in [5.74, 6) is -4.37. The Morgan fingerprint density at radius 3 is 2.41 bits per heavy atom. The highest BCUT2D eigenvalue weighted by Gasteiger charge is 2.51. The van der Waals surface area contributed by atoms with E-state index < -0.39 is 47.6 Å². The number of aliphatic carboxylic acids is 1. The molecule has 12 heteroatoms. The van der Waals surface area contributed by atoms with Crippen LogP contribution in [0.5, 0.6) is 11.5 Å². The van der Waals surface area contributed by atoms with Crippen molar-refractivity contribution in [2.45, 2.75) is 69.4 Å². The van der Waals surface area contributed by atoms with Gasteiger partial charge in [0.25, 0.3) is 5.91 Å². The number of carboxylic acid groups (broad SMARTS) is 1. The maximum Gasteiger partial charge on any atom is 0.573 e. The maximum atomic E-state index is 14.6. The highest BCUT2D eigenvalue weighted by Crippen LogP contribution is 2.53. The van der Waals surface area contributed by atoms with E-state index in [1.165, 1.54) is 23.1 Å². The number of benzene rings is 2. The third-order valence-electron chi connectivity index (χ3n) is 7.57. The molecule has 2 aliphatic carbocycles. The van der Waals surface area contributed by atoms with Crippen molar-refractivity contribution in [3.8, 4) is 11.5 Å². The van der Waals surface area contributed by atoms with Gasteiger partial charge >= 0.3 is 12.3 Å². The van der Waals surface area contributed by atoms with Crippen LogP contribution in [0.15, 0.2) is 36.4 Å². The third kappa shape index (κ3) is 5.37. The van der Waals surface area contributed by atoms with Crippen molar-refractivity contribution in [3.63, 3.8) is 0 Å². The van der Waals surface area contributed by atoms with Gasteiger partial charge in [0.2, 0.25) is 5.91 Å². The Morgan fingerprint density at radius 1 is 1.03 bits per heavy atom. The van der Waals surface area contributed by atoms with Crippen molar-refractivity contribution in [3.05, 3.63) is 53.3 Å². The van der Waals surface area contributed by atoms with Gasteiger partial charge in [-0.2, -0.15) is 0 Å². The lowest BCUT2D eigenvalue weighted by Crippen LogP contribution is -2.53. The number of carboxylic acids is 1. The highest BCUT2D eigenvalue weighted by atomic mass is 19.4. The van der Waals surface area contributed by atoms with Gasteiger partial charge in [-0.3, -0.25) is 14.4 Å². The number of phenolic OH excluding ortho intramolecular Hbond substituents is 1. The van der Waals surface area contributed by atoms with E-state index in [1.807, 2.05) is 0 Å². The molecule has 1 heterocycles. The quantitative estimate of drug-likeness (QED) is 0.462. The van der Waals surface area contributed by atoms with Gasteiger partial charge in [-0.15, -0.1) is 13.2 Å². The highest BCUT2D eigenvalue weighted by molar-refractivity contribution is 6.09. The number of halogens is 4. The lowest BCUT2D eigenvalue weighted by atomic mass is 9.81. The molecule has 2 saturated carbocycles. The molecule has 8 nitrogen and oxygen atoms in total. The first-order valence-electron chi connectivity index (χ1n) is 12.7. The van der Waals surface area contributed by atoms with Crippen LogP contribution < -0.4 is 9.64 Å². The Morgan fingerprint density at radius 2 is 1.77 bits per heavy atom. The number of phenols is 1. The molecule has 0 bridgehead atoms. The molecule has 3 aliphatic rings. The zero-order valence-electron chi connectivity index (χ0n) is 20.7. The summed E-state index contributed by atoms with van der Waals surface area (Å²) in [6.07, 6.45) is -2.16. The topological polar surface area (TPSA) is 107 Å². The molecule has 208 valence electrons. The van der Waals surface area contributed by atoms with Crippen molar-refractivity contribution in [2.75, 3.05) is 4.90 Å². The first-order valence-corrected chi connectivity index (χ1v) is 12.7. The van der Waals surface area contributed by atoms with Crippen LogP contribution in [0.4, 0.5) is 23.2 Å². The first-order chi connectivity index (χ1) is 18.4. The summed E-state index contributed by atoms with van der Waals surface area (Å²) in [4.78, 5) is 41.3. The van der Waals surface area contributed by atoms with Crippen molar-refractivity contribution in [1.82, 2.24) is 4.90 Å². The molecular weight excluding hydrogens is 524 g/mol. The fourth-order valence-electron chi connectivity index (χ4n) is 5.97. The Bertz CT molecular complexity index is 1310. The molecule has 5 rings (SSSR count). The number of aromatic hydroxyl groups is 1. The second-order valence-electron chi connectivity index (χ2n) is 10.1. The Labute approximate surface area is 220 Å². The van der Waals surface area contributed by atoms with Gasteiger partial charge in [-0.1, -0.05) is 6.42 Å². The van der Waals surface area contributed by atoms with Gasteiger partial charge in [-0.25, -0.2) is 4.39 Å². The van der Waals surface area contributed by atoms with Crippen LogP contribution in [0.3, 0.4) is 0 Å². The van der Waals surface area contributed by atoms with Crippen LogP contribution in [-0.2, 0) is 9.59 Å². The SMILES string of the molecule is O=C(O)CCC(=O)N(C1CC1)[C@H]1c2cc(F)ccc2N(C(=O)c2ccc(OC(F)(F)F)cc2O)[C@H]2CCC[C@H]21. The number of hydrogen-bond acceptors (Lipinski definition) is 5. The van der Waals surface area contributed by atoms with Gasteiger partial charge in [0.1, 0.15) is 17.3 Å². The predicted molar refractivity (Wildman–Crippen MR) is 129 cm³/mol. The Balaban J connectivity index is 1.55. The average molecular weight is 551 g/mol. The molecule has 0 unspecified atom stereocenters. The van der Waals surface area contributed by atoms with Crippen LogP contribution in [0.2, 0.25) is 0 Å². The van der Waals surface area contributed by atoms with Crippen molar-refractivity contribution in [2.24, 2.45) is 5.92 Å². The number of alkyl halides is 3. The van der Waals surface area contributed by atoms with Crippen molar-refractivity contribution in [1.29, 1.82) is 0 Å². The molecule has 2 fully saturated rings. The number of carbonyl (C=O) groups excluding carboxylic acids is 2. The van der Waals surface area contributed by atoms with E-state index in [0.717, 1.165) is 25.0 Å². The number of ether oxygens (including phenoxy) is 1. The summed E-state index contributed by atoms with van der Waals surface area (Å²) in [7, 11) is 0. The lowest BCUT2D eigenvalue weighted by Gasteiger charge is -2.48. The monoisotopic (exact) mass is 550 g/mol. The van der Waals surface area contributed by atoms with E-state index >= 15 is 0 Å². The minimum atomic E-state index is -4.98. The van der Waals surface area contributed by atoms with E-state index in [1.54, 1.807) is 4.90 Å². The van der Waals surface area contributed by atoms with Gasteiger partial charge in [-0.05, 0) is 56.0 Å². The normalized spacial score (nSPS) is 22.2. The summed E-state index contributed by atoms with van der Waals surface area (Å²) in [6, 6.07) is 5.45. The van der Waals surface area contributed by atoms with E-state index in [2.05, 4.69) is 4.74 Å². The van der Waals surface area contributed by atoms with E-state index in [-0.39, 0.29) is 36.3 Å². The molecule has 0 spiro atoms. The van der Waals surface area contributed by atoms with Crippen molar-refractivity contribution < 1.29 is 46.9 Å². The van der Waals surface area contributed by atoms with Gasteiger partial charge < -0.3 is 24.7 Å². The van der Waals surface area contributed by atoms with E-state index in [0.29, 0.717) is 36.6 Å². The molecule has 0 aromatic heterocycles. The second-order valence-corrected chi connectivity index (χ2v) is 10.1. The maximum absolute atomic E-state index is 14.6. The van der Waals surface area contributed by atoms with Crippen LogP contribution >= 0.6 is 0 Å². The third-order valence-corrected chi connectivity index (χ3v) is 7.57. The fraction of sp³-hybridized carbons (Fsp3) is 0.444. The van der Waals surface area contributed by atoms with Crippen LogP contribution in [-0.4, -0.2) is 51.3 Å². The number of hydrogen-bond donors (Lipinski definition) is 2.